The van der Waals surface area contributed by atoms with Crippen LogP contribution in [0.1, 0.15) is 41.0 Å². The van der Waals surface area contributed by atoms with Crippen LogP contribution in [-0.4, -0.2) is 54.5 Å². The third kappa shape index (κ3) is 8.89. The summed E-state index contributed by atoms with van der Waals surface area (Å²) in [6.45, 7) is 9.40. The van der Waals surface area contributed by atoms with Crippen molar-refractivity contribution in [1.82, 2.24) is 0 Å². The zero-order valence-electron chi connectivity index (χ0n) is 20.4. The van der Waals surface area contributed by atoms with E-state index in [9.17, 15) is 24.3 Å². The molecule has 3 unspecified atom stereocenters. The molecule has 37 heavy (non-hydrogen) atoms. The van der Waals surface area contributed by atoms with Gasteiger partial charge in [-0.2, -0.15) is 5.92 Å². The van der Waals surface area contributed by atoms with Crippen LogP contribution in [-0.2, 0) is 19.1 Å². The molecule has 0 fully saturated rings. The molecular weight excluding hydrogens is 486 g/mol. The first-order valence-electron chi connectivity index (χ1n) is 11.1. The first-order chi connectivity index (χ1) is 17.5. The normalized spacial score (nSPS) is 13.0. The number of nitrogens with one attached hydrogen (secondary N) is 1. The van der Waals surface area contributed by atoms with Gasteiger partial charge in [-0.25, -0.2) is 16.0 Å². The fraction of sp³-hybridized carbons (Fsp3) is 0.308. The van der Waals surface area contributed by atoms with Crippen LogP contribution >= 0.6 is 0 Å². The van der Waals surface area contributed by atoms with Gasteiger partial charge in [0.1, 0.15) is 11.3 Å². The van der Waals surface area contributed by atoms with E-state index in [2.05, 4.69) is 13.8 Å². The number of para-hydroxylation sites is 1. The van der Waals surface area contributed by atoms with Crippen LogP contribution in [0.4, 0.5) is 0 Å². The smallest absolute Gasteiger partial charge is 0.344 e. The van der Waals surface area contributed by atoms with Gasteiger partial charge in [-0.1, -0.05) is 12.1 Å². The van der Waals surface area contributed by atoms with Gasteiger partial charge in [-0.3, -0.25) is 9.59 Å². The second kappa shape index (κ2) is 14.0. The molecule has 0 saturated carbocycles. The van der Waals surface area contributed by atoms with Gasteiger partial charge in [0.05, 0.1) is 12.2 Å². The molecule has 2 N–H and O–H groups in total. The highest BCUT2D eigenvalue weighted by atomic mass is 16.7. The zero-order valence-corrected chi connectivity index (χ0v) is 20.4. The van der Waals surface area contributed by atoms with Gasteiger partial charge in [0.25, 0.3) is 5.97 Å². The summed E-state index contributed by atoms with van der Waals surface area (Å²) in [6, 6.07) is 8.15. The van der Waals surface area contributed by atoms with Crippen molar-refractivity contribution in [3.05, 3.63) is 73.2 Å². The van der Waals surface area contributed by atoms with E-state index < -0.39 is 42.8 Å². The van der Waals surface area contributed by atoms with Gasteiger partial charge >= 0.3 is 17.9 Å². The molecule has 0 aliphatic rings. The minimum atomic E-state index is -1.59. The van der Waals surface area contributed by atoms with Crippen molar-refractivity contribution in [3.63, 3.8) is 0 Å². The highest BCUT2D eigenvalue weighted by Crippen LogP contribution is 2.30. The molecule has 0 heterocycles. The van der Waals surface area contributed by atoms with Crippen molar-refractivity contribution < 1.29 is 48.0 Å². The lowest BCUT2D eigenvalue weighted by Crippen LogP contribution is -2.32. The predicted octanol–water partition coefficient (Wildman–Crippen LogP) is 3.34. The molecule has 0 bridgehead atoms. The van der Waals surface area contributed by atoms with Crippen LogP contribution in [0.15, 0.2) is 42.5 Å². The standard InChI is InChI=1S/C26H28NO10/c1-5-15(2)13-33-21-11-10-18(12-22(21)37-26(32)23(27)16(3)28)24(30)34-14-35-25(31)19-8-6-7-9-20(19)36-17(4)29/h6-12,15-16,23,27-28H,1-2,5,13-14H2,3-4H3/q-3. The van der Waals surface area contributed by atoms with Gasteiger partial charge < -0.3 is 48.4 Å². The summed E-state index contributed by atoms with van der Waals surface area (Å²) >= 11 is 0. The van der Waals surface area contributed by atoms with E-state index in [1.54, 1.807) is 6.07 Å². The zero-order chi connectivity index (χ0) is 27.5. The van der Waals surface area contributed by atoms with Gasteiger partial charge in [-0.15, -0.1) is 0 Å². The third-order valence-electron chi connectivity index (χ3n) is 4.75. The van der Waals surface area contributed by atoms with Crippen molar-refractivity contribution in [2.75, 3.05) is 13.4 Å². The van der Waals surface area contributed by atoms with Gasteiger partial charge in [-0.05, 0) is 43.3 Å². The maximum Gasteiger partial charge on any atom is 0.344 e. The van der Waals surface area contributed by atoms with Crippen LogP contribution in [0.25, 0.3) is 5.73 Å². The summed E-state index contributed by atoms with van der Waals surface area (Å²) in [4.78, 5) is 48.3. The Morgan fingerprint density at radius 3 is 2.30 bits per heavy atom. The molecule has 2 aromatic rings. The van der Waals surface area contributed by atoms with E-state index in [1.807, 2.05) is 0 Å². The van der Waals surface area contributed by atoms with Crippen LogP contribution in [0, 0.1) is 19.8 Å². The lowest BCUT2D eigenvalue weighted by Gasteiger charge is -2.23. The lowest BCUT2D eigenvalue weighted by atomic mass is 10.1. The number of hydrogen-bond acceptors (Lipinski definition) is 10. The van der Waals surface area contributed by atoms with Crippen molar-refractivity contribution >= 4 is 23.9 Å². The summed E-state index contributed by atoms with van der Waals surface area (Å²) < 4.78 is 25.7. The van der Waals surface area contributed by atoms with E-state index in [4.69, 9.17) is 29.4 Å². The second-order valence-electron chi connectivity index (χ2n) is 7.84. The molecule has 11 nitrogen and oxygen atoms in total. The average Bonchev–Trinajstić information content (AvgIpc) is 2.86. The number of carbonyl (C=O) groups excluding carboxylic acids is 4. The molecule has 0 aliphatic heterocycles. The third-order valence-corrected chi connectivity index (χ3v) is 4.75. The van der Waals surface area contributed by atoms with Gasteiger partial charge in [0, 0.05) is 13.0 Å². The van der Waals surface area contributed by atoms with E-state index in [1.165, 1.54) is 44.2 Å². The summed E-state index contributed by atoms with van der Waals surface area (Å²) in [6.07, 6.45) is -0.804. The molecule has 2 rings (SSSR count). The number of benzene rings is 2. The largest absolute Gasteiger partial charge is 0.663 e. The Hall–Kier alpha value is -3.96. The molecule has 0 saturated heterocycles. The fourth-order valence-corrected chi connectivity index (χ4v) is 2.67. The van der Waals surface area contributed by atoms with E-state index in [0.717, 1.165) is 6.07 Å². The molecule has 0 aliphatic carbocycles. The summed E-state index contributed by atoms with van der Waals surface area (Å²) in [5, 5.41) is 9.50. The predicted molar refractivity (Wildman–Crippen MR) is 130 cm³/mol. The number of hydrogen-bond donors (Lipinski definition) is 1. The van der Waals surface area contributed by atoms with Crippen LogP contribution in [0.3, 0.4) is 0 Å². The number of carbonyl (C=O) groups is 4. The Kier molecular flexibility index (Phi) is 11.0. The summed E-state index contributed by atoms with van der Waals surface area (Å²) in [7, 11) is 0. The molecule has 0 aromatic heterocycles. The molecule has 3 atom stereocenters. The molecule has 0 amide bonds. The van der Waals surface area contributed by atoms with E-state index >= 15 is 0 Å². The lowest BCUT2D eigenvalue weighted by molar-refractivity contribution is -0.137. The molecule has 0 radical (unpaired) electrons. The summed E-state index contributed by atoms with van der Waals surface area (Å²) in [5.41, 5.74) is 7.58. The van der Waals surface area contributed by atoms with Crippen molar-refractivity contribution in [1.29, 1.82) is 0 Å². The number of aliphatic hydroxyl groups excluding tert-OH is 1. The first-order valence-corrected chi connectivity index (χ1v) is 11.1. The maximum atomic E-state index is 12.5. The SMILES string of the molecule is [CH2-]CC([CH2-])COc1ccc(C(=O)OCOC(=O)c2ccccc2OC(C)=O)cc1OC(=O)C([NH-])C(C)O. The Labute approximate surface area is 214 Å². The quantitative estimate of drug-likeness (QED) is 0.193. The molecule has 0 spiro atoms. The monoisotopic (exact) mass is 514 g/mol. The Morgan fingerprint density at radius 2 is 1.65 bits per heavy atom. The van der Waals surface area contributed by atoms with Crippen molar-refractivity contribution in [2.45, 2.75) is 32.4 Å². The van der Waals surface area contributed by atoms with E-state index in [-0.39, 0.29) is 40.9 Å². The highest BCUT2D eigenvalue weighted by molar-refractivity contribution is 5.94. The number of ether oxygens (including phenoxy) is 5. The molecule has 2 aromatic carbocycles. The topological polar surface area (TPSA) is 158 Å². The number of rotatable bonds is 12. The van der Waals surface area contributed by atoms with Gasteiger partial charge in [0.2, 0.25) is 6.79 Å². The average molecular weight is 515 g/mol. The molecule has 200 valence electrons. The Morgan fingerprint density at radius 1 is 0.973 bits per heavy atom. The van der Waals surface area contributed by atoms with Crippen LogP contribution < -0.4 is 14.2 Å². The molecular formula is C26H28NO10-3. The van der Waals surface area contributed by atoms with Crippen LogP contribution in [0.5, 0.6) is 17.2 Å². The molecule has 11 heteroatoms. The van der Waals surface area contributed by atoms with Gasteiger partial charge in [0.15, 0.2) is 11.5 Å². The van der Waals surface area contributed by atoms with Crippen LogP contribution in [0.2, 0.25) is 0 Å². The Bertz CT molecular complexity index is 1110. The summed E-state index contributed by atoms with van der Waals surface area (Å²) in [5.74, 6) is -3.76. The van der Waals surface area contributed by atoms with Crippen molar-refractivity contribution in [2.24, 2.45) is 5.92 Å². The highest BCUT2D eigenvalue weighted by Gasteiger charge is 2.20. The van der Waals surface area contributed by atoms with E-state index in [0.29, 0.717) is 6.42 Å². The Balaban J connectivity index is 2.11. The fourth-order valence-electron chi connectivity index (χ4n) is 2.67. The minimum Gasteiger partial charge on any atom is -0.663 e. The van der Waals surface area contributed by atoms with Crippen molar-refractivity contribution in [3.8, 4) is 17.2 Å². The first kappa shape index (κ1) is 29.3. The second-order valence-corrected chi connectivity index (χ2v) is 7.84. The maximum absolute atomic E-state index is 12.5. The number of esters is 4. The minimum absolute atomic E-state index is 0.0124. The number of aliphatic hydroxyl groups is 1.